The van der Waals surface area contributed by atoms with E-state index < -0.39 is 5.41 Å². The lowest BCUT2D eigenvalue weighted by Gasteiger charge is -2.22. The van der Waals surface area contributed by atoms with Crippen molar-refractivity contribution in [1.29, 1.82) is 0 Å². The molecule has 0 radical (unpaired) electrons. The summed E-state index contributed by atoms with van der Waals surface area (Å²) < 4.78 is 17.0. The van der Waals surface area contributed by atoms with Crippen LogP contribution in [-0.4, -0.2) is 31.6 Å². The van der Waals surface area contributed by atoms with E-state index in [1.807, 2.05) is 39.8 Å². The van der Waals surface area contributed by atoms with Crippen molar-refractivity contribution in [2.75, 3.05) is 13.2 Å². The minimum Gasteiger partial charge on any atom is -0.459 e. The van der Waals surface area contributed by atoms with Gasteiger partial charge in [-0.2, -0.15) is 0 Å². The maximum Gasteiger partial charge on any atom is 0.311 e. The van der Waals surface area contributed by atoms with Gasteiger partial charge in [0.05, 0.1) is 18.6 Å². The average Bonchev–Trinajstić information content (AvgIpc) is 2.65. The molecule has 0 aromatic heterocycles. The Morgan fingerprint density at radius 2 is 2.05 bits per heavy atom. The van der Waals surface area contributed by atoms with Crippen molar-refractivity contribution >= 4 is 5.97 Å². The van der Waals surface area contributed by atoms with Gasteiger partial charge in [-0.25, -0.2) is 0 Å². The molecule has 1 saturated heterocycles. The van der Waals surface area contributed by atoms with Crippen LogP contribution in [-0.2, 0) is 19.0 Å². The number of hydrogen-bond donors (Lipinski definition) is 0. The van der Waals surface area contributed by atoms with Crippen LogP contribution in [0.5, 0.6) is 0 Å². The zero-order chi connectivity index (χ0) is 15.9. The first-order valence-electron chi connectivity index (χ1n) is 7.65. The minimum atomic E-state index is -0.495. The van der Waals surface area contributed by atoms with E-state index in [-0.39, 0.29) is 18.4 Å². The molecule has 1 aliphatic heterocycles. The zero-order valence-electron chi connectivity index (χ0n) is 13.8. The van der Waals surface area contributed by atoms with Crippen LogP contribution >= 0.6 is 0 Å². The Kier molecular flexibility index (Phi) is 7.12. The maximum absolute atomic E-state index is 11.9. The van der Waals surface area contributed by atoms with E-state index in [1.165, 1.54) is 0 Å². The highest BCUT2D eigenvalue weighted by Crippen LogP contribution is 2.21. The van der Waals surface area contributed by atoms with Gasteiger partial charge >= 0.3 is 5.97 Å². The van der Waals surface area contributed by atoms with Gasteiger partial charge < -0.3 is 14.2 Å². The van der Waals surface area contributed by atoms with Crippen LogP contribution < -0.4 is 0 Å². The van der Waals surface area contributed by atoms with E-state index in [2.05, 4.69) is 13.0 Å². The van der Waals surface area contributed by atoms with Crippen molar-refractivity contribution < 1.29 is 19.0 Å². The summed E-state index contributed by atoms with van der Waals surface area (Å²) in [5.74, 6) is -0.202. The summed E-state index contributed by atoms with van der Waals surface area (Å²) in [6.45, 7) is 10.5. The molecule has 0 aromatic rings. The zero-order valence-corrected chi connectivity index (χ0v) is 13.8. The molecule has 1 fully saturated rings. The molecular weight excluding hydrogens is 268 g/mol. The second-order valence-corrected chi connectivity index (χ2v) is 6.20. The Bertz CT molecular complexity index is 390. The van der Waals surface area contributed by atoms with Gasteiger partial charge in [-0.15, -0.1) is 0 Å². The lowest BCUT2D eigenvalue weighted by Crippen LogP contribution is -2.31. The third-order valence-corrected chi connectivity index (χ3v) is 3.18. The number of esters is 1. The van der Waals surface area contributed by atoms with Crippen LogP contribution in [0, 0.1) is 5.41 Å². The largest absolute Gasteiger partial charge is 0.459 e. The summed E-state index contributed by atoms with van der Waals surface area (Å²) in [5.41, 5.74) is 0.505. The maximum atomic E-state index is 11.9. The third kappa shape index (κ3) is 6.02. The van der Waals surface area contributed by atoms with Gasteiger partial charge in [0.15, 0.2) is 6.29 Å². The van der Waals surface area contributed by atoms with E-state index in [4.69, 9.17) is 14.2 Å². The van der Waals surface area contributed by atoms with E-state index in [1.54, 1.807) is 0 Å². The lowest BCUT2D eigenvalue weighted by atomic mass is 9.97. The highest BCUT2D eigenvalue weighted by Gasteiger charge is 2.29. The highest BCUT2D eigenvalue weighted by atomic mass is 16.7. The van der Waals surface area contributed by atoms with Gasteiger partial charge in [0.25, 0.3) is 0 Å². The van der Waals surface area contributed by atoms with Crippen LogP contribution in [0.4, 0.5) is 0 Å². The summed E-state index contributed by atoms with van der Waals surface area (Å²) in [7, 11) is 0. The molecule has 0 saturated carbocycles. The molecule has 2 unspecified atom stereocenters. The Balaban J connectivity index is 2.58. The molecule has 2 atom stereocenters. The molecule has 1 rings (SSSR count). The predicted octanol–water partition coefficient (Wildman–Crippen LogP) is 3.62. The van der Waals surface area contributed by atoms with Gasteiger partial charge in [-0.05, 0) is 34.1 Å². The van der Waals surface area contributed by atoms with Crippen molar-refractivity contribution in [1.82, 2.24) is 0 Å². The van der Waals surface area contributed by atoms with E-state index in [0.717, 1.165) is 12.0 Å². The number of ether oxygens (including phenoxy) is 3. The predicted molar refractivity (Wildman–Crippen MR) is 82.8 cm³/mol. The smallest absolute Gasteiger partial charge is 0.311 e. The summed E-state index contributed by atoms with van der Waals surface area (Å²) >= 11 is 0. The van der Waals surface area contributed by atoms with Gasteiger partial charge in [0.2, 0.25) is 0 Å². The fraction of sp³-hybridized carbons (Fsp3) is 0.706. The molecular formula is C17H28O4. The molecule has 1 heterocycles. The Morgan fingerprint density at radius 3 is 2.62 bits per heavy atom. The standard InChI is InChI=1S/C17H28O4/c1-6-8-9-13(7-2)15-19-11-10-14(12-20-15)21-16(18)17(3,4)5/h7-9,14-15H,6,10-12H2,1-5H3/b9-8-,13-7+. The molecule has 0 aliphatic carbocycles. The average molecular weight is 296 g/mol. The van der Waals surface area contributed by atoms with E-state index in [0.29, 0.717) is 19.6 Å². The molecule has 120 valence electrons. The minimum absolute atomic E-state index is 0.202. The fourth-order valence-electron chi connectivity index (χ4n) is 1.81. The Labute approximate surface area is 128 Å². The van der Waals surface area contributed by atoms with Crippen LogP contribution in [0.25, 0.3) is 0 Å². The van der Waals surface area contributed by atoms with Crippen molar-refractivity contribution in [3.05, 3.63) is 23.8 Å². The first-order chi connectivity index (χ1) is 9.88. The number of hydrogen-bond acceptors (Lipinski definition) is 4. The van der Waals surface area contributed by atoms with Gasteiger partial charge in [0.1, 0.15) is 6.10 Å². The second-order valence-electron chi connectivity index (χ2n) is 6.20. The summed E-state index contributed by atoms with van der Waals surface area (Å²) in [6.07, 6.45) is 7.09. The van der Waals surface area contributed by atoms with Crippen molar-refractivity contribution in [2.45, 2.75) is 59.9 Å². The van der Waals surface area contributed by atoms with E-state index >= 15 is 0 Å². The quantitative estimate of drug-likeness (QED) is 0.587. The molecule has 1 aliphatic rings. The molecule has 21 heavy (non-hydrogen) atoms. The SMILES string of the molecule is C/C=C(\C=C/CC)C1OCCC(OC(=O)C(C)(C)C)CO1. The Morgan fingerprint density at radius 1 is 1.33 bits per heavy atom. The molecule has 0 amide bonds. The molecule has 0 bridgehead atoms. The molecule has 0 aromatic carbocycles. The monoisotopic (exact) mass is 296 g/mol. The van der Waals surface area contributed by atoms with Gasteiger partial charge in [-0.1, -0.05) is 25.2 Å². The topological polar surface area (TPSA) is 44.8 Å². The normalized spacial score (nSPS) is 24.9. The number of carbonyl (C=O) groups is 1. The fourth-order valence-corrected chi connectivity index (χ4v) is 1.81. The van der Waals surface area contributed by atoms with Crippen LogP contribution in [0.2, 0.25) is 0 Å². The van der Waals surface area contributed by atoms with E-state index in [9.17, 15) is 4.79 Å². The third-order valence-electron chi connectivity index (χ3n) is 3.18. The molecule has 4 heteroatoms. The van der Waals surface area contributed by atoms with Crippen molar-refractivity contribution in [2.24, 2.45) is 5.41 Å². The first kappa shape index (κ1) is 17.9. The number of carbonyl (C=O) groups excluding carboxylic acids is 1. The Hall–Kier alpha value is -1.13. The summed E-state index contributed by atoms with van der Waals surface area (Å²) in [6, 6.07) is 0. The van der Waals surface area contributed by atoms with Crippen LogP contribution in [0.1, 0.15) is 47.5 Å². The molecule has 4 nitrogen and oxygen atoms in total. The van der Waals surface area contributed by atoms with Crippen LogP contribution in [0.15, 0.2) is 23.8 Å². The van der Waals surface area contributed by atoms with Gasteiger partial charge in [0, 0.05) is 12.0 Å². The van der Waals surface area contributed by atoms with Crippen molar-refractivity contribution in [3.63, 3.8) is 0 Å². The van der Waals surface area contributed by atoms with Crippen molar-refractivity contribution in [3.8, 4) is 0 Å². The summed E-state index contributed by atoms with van der Waals surface area (Å²) in [4.78, 5) is 11.9. The van der Waals surface area contributed by atoms with Crippen LogP contribution in [0.3, 0.4) is 0 Å². The molecule has 0 N–H and O–H groups in total. The number of rotatable bonds is 4. The molecule has 0 spiro atoms. The van der Waals surface area contributed by atoms with Gasteiger partial charge in [-0.3, -0.25) is 4.79 Å². The number of allylic oxidation sites excluding steroid dienone is 2. The first-order valence-corrected chi connectivity index (χ1v) is 7.65. The highest BCUT2D eigenvalue weighted by molar-refractivity contribution is 5.75. The lowest BCUT2D eigenvalue weighted by molar-refractivity contribution is -0.163. The summed E-state index contributed by atoms with van der Waals surface area (Å²) in [5, 5.41) is 0. The second kappa shape index (κ2) is 8.35.